The molecule has 0 aromatic heterocycles. The molecule has 0 spiro atoms. The Labute approximate surface area is 162 Å². The smallest absolute Gasteiger partial charge is 0.226 e. The van der Waals surface area contributed by atoms with E-state index in [0.717, 1.165) is 50.3 Å². The van der Waals surface area contributed by atoms with Crippen molar-refractivity contribution in [3.63, 3.8) is 0 Å². The second-order valence-electron chi connectivity index (χ2n) is 7.13. The summed E-state index contributed by atoms with van der Waals surface area (Å²) in [5.74, 6) is 1.14. The minimum atomic E-state index is 0.219. The molecule has 1 fully saturated rings. The maximum Gasteiger partial charge on any atom is 0.226 e. The Balaban J connectivity index is 1.56. The first-order valence-electron chi connectivity index (χ1n) is 9.93. The molecule has 4 heteroatoms. The molecular formula is C23H30N2O2. The van der Waals surface area contributed by atoms with Gasteiger partial charge in [0.1, 0.15) is 5.75 Å². The van der Waals surface area contributed by atoms with E-state index in [1.807, 2.05) is 48.2 Å². The summed E-state index contributed by atoms with van der Waals surface area (Å²) in [6.07, 6.45) is 3.63. The van der Waals surface area contributed by atoms with E-state index in [1.54, 1.807) is 7.11 Å². The highest BCUT2D eigenvalue weighted by Gasteiger charge is 2.28. The fraction of sp³-hybridized carbons (Fsp3) is 0.435. The van der Waals surface area contributed by atoms with Gasteiger partial charge in [0.25, 0.3) is 0 Å². The average molecular weight is 367 g/mol. The summed E-state index contributed by atoms with van der Waals surface area (Å²) in [4.78, 5) is 17.1. The van der Waals surface area contributed by atoms with Crippen LogP contribution >= 0.6 is 0 Å². The van der Waals surface area contributed by atoms with Gasteiger partial charge in [-0.05, 0) is 49.1 Å². The van der Waals surface area contributed by atoms with E-state index in [1.165, 1.54) is 5.56 Å². The number of hydrogen-bond donors (Lipinski definition) is 0. The Morgan fingerprint density at radius 3 is 2.52 bits per heavy atom. The highest BCUT2D eigenvalue weighted by Crippen LogP contribution is 2.25. The van der Waals surface area contributed by atoms with Crippen molar-refractivity contribution in [2.75, 3.05) is 31.6 Å². The number of nitrogens with zero attached hydrogens (tertiary/aromatic N) is 2. The highest BCUT2D eigenvalue weighted by molar-refractivity contribution is 5.93. The van der Waals surface area contributed by atoms with Gasteiger partial charge in [-0.15, -0.1) is 0 Å². The number of likely N-dealkylation sites (tertiary alicyclic amines) is 1. The standard InChI is InChI=1S/C23H30N2O2/c1-3-23(26)25(20-9-5-4-6-10-20)21-13-16-24(17-14-21)15-12-19-8-7-11-22(18-19)27-2/h4-11,18,21H,3,12-17H2,1-2H3. The van der Waals surface area contributed by atoms with Crippen LogP contribution in [-0.4, -0.2) is 43.6 Å². The number of piperidine rings is 1. The van der Waals surface area contributed by atoms with Crippen LogP contribution in [0.5, 0.6) is 5.75 Å². The van der Waals surface area contributed by atoms with Gasteiger partial charge in [0, 0.05) is 37.8 Å². The first kappa shape index (κ1) is 19.4. The Morgan fingerprint density at radius 1 is 1.11 bits per heavy atom. The number of amides is 1. The summed E-state index contributed by atoms with van der Waals surface area (Å²) in [5.41, 5.74) is 2.34. The van der Waals surface area contributed by atoms with Crippen LogP contribution in [0.4, 0.5) is 5.69 Å². The number of para-hydroxylation sites is 1. The number of methoxy groups -OCH3 is 1. The Morgan fingerprint density at radius 2 is 1.85 bits per heavy atom. The summed E-state index contributed by atoms with van der Waals surface area (Å²) >= 11 is 0. The molecule has 27 heavy (non-hydrogen) atoms. The first-order chi connectivity index (χ1) is 13.2. The lowest BCUT2D eigenvalue weighted by molar-refractivity contribution is -0.119. The molecule has 1 saturated heterocycles. The number of benzene rings is 2. The van der Waals surface area contributed by atoms with Crippen LogP contribution < -0.4 is 9.64 Å². The van der Waals surface area contributed by atoms with Gasteiger partial charge in [0.05, 0.1) is 7.11 Å². The van der Waals surface area contributed by atoms with E-state index in [9.17, 15) is 4.79 Å². The topological polar surface area (TPSA) is 32.8 Å². The molecule has 0 radical (unpaired) electrons. The number of rotatable bonds is 7. The van der Waals surface area contributed by atoms with E-state index in [4.69, 9.17) is 4.74 Å². The summed E-state index contributed by atoms with van der Waals surface area (Å²) in [5, 5.41) is 0. The van der Waals surface area contributed by atoms with E-state index >= 15 is 0 Å². The van der Waals surface area contributed by atoms with E-state index in [0.29, 0.717) is 12.5 Å². The van der Waals surface area contributed by atoms with Crippen molar-refractivity contribution >= 4 is 11.6 Å². The van der Waals surface area contributed by atoms with Gasteiger partial charge in [0.15, 0.2) is 0 Å². The van der Waals surface area contributed by atoms with E-state index in [-0.39, 0.29) is 5.91 Å². The minimum Gasteiger partial charge on any atom is -0.497 e. The fourth-order valence-electron chi connectivity index (χ4n) is 3.83. The Bertz CT molecular complexity index is 724. The van der Waals surface area contributed by atoms with Crippen LogP contribution in [0.25, 0.3) is 0 Å². The third-order valence-electron chi connectivity index (χ3n) is 5.38. The van der Waals surface area contributed by atoms with Crippen molar-refractivity contribution < 1.29 is 9.53 Å². The normalized spacial score (nSPS) is 15.5. The van der Waals surface area contributed by atoms with Crippen molar-refractivity contribution in [2.24, 2.45) is 0 Å². The monoisotopic (exact) mass is 366 g/mol. The van der Waals surface area contributed by atoms with Crippen molar-refractivity contribution in [1.29, 1.82) is 0 Å². The molecule has 0 bridgehead atoms. The highest BCUT2D eigenvalue weighted by atomic mass is 16.5. The second kappa shape index (κ2) is 9.56. The molecule has 0 aliphatic carbocycles. The van der Waals surface area contributed by atoms with Gasteiger partial charge in [-0.3, -0.25) is 4.79 Å². The molecular weight excluding hydrogens is 336 g/mol. The molecule has 3 rings (SSSR count). The predicted molar refractivity (Wildman–Crippen MR) is 110 cm³/mol. The van der Waals surface area contributed by atoms with Gasteiger partial charge in [-0.25, -0.2) is 0 Å². The van der Waals surface area contributed by atoms with Crippen molar-refractivity contribution in [3.05, 3.63) is 60.2 Å². The molecule has 144 valence electrons. The van der Waals surface area contributed by atoms with Gasteiger partial charge < -0.3 is 14.5 Å². The molecule has 1 aliphatic rings. The molecule has 0 atom stereocenters. The molecule has 0 saturated carbocycles. The molecule has 2 aromatic rings. The molecule has 4 nitrogen and oxygen atoms in total. The summed E-state index contributed by atoms with van der Waals surface area (Å²) in [6.45, 7) is 5.07. The summed E-state index contributed by atoms with van der Waals surface area (Å²) < 4.78 is 5.31. The number of ether oxygens (including phenoxy) is 1. The SMILES string of the molecule is CCC(=O)N(c1ccccc1)C1CCN(CCc2cccc(OC)c2)CC1. The van der Waals surface area contributed by atoms with Crippen molar-refractivity contribution in [1.82, 2.24) is 4.90 Å². The number of hydrogen-bond acceptors (Lipinski definition) is 3. The van der Waals surface area contributed by atoms with Crippen LogP contribution in [0.2, 0.25) is 0 Å². The van der Waals surface area contributed by atoms with Gasteiger partial charge >= 0.3 is 0 Å². The predicted octanol–water partition coefficient (Wildman–Crippen LogP) is 4.15. The zero-order chi connectivity index (χ0) is 19.1. The number of anilines is 1. The lowest BCUT2D eigenvalue weighted by atomic mass is 10.0. The van der Waals surface area contributed by atoms with E-state index < -0.39 is 0 Å². The average Bonchev–Trinajstić information content (AvgIpc) is 2.74. The zero-order valence-corrected chi connectivity index (χ0v) is 16.4. The second-order valence-corrected chi connectivity index (χ2v) is 7.13. The van der Waals surface area contributed by atoms with Gasteiger partial charge in [-0.2, -0.15) is 0 Å². The third kappa shape index (κ3) is 5.10. The van der Waals surface area contributed by atoms with Crippen LogP contribution in [0.1, 0.15) is 31.7 Å². The lowest BCUT2D eigenvalue weighted by Gasteiger charge is -2.38. The maximum atomic E-state index is 12.6. The largest absolute Gasteiger partial charge is 0.497 e. The van der Waals surface area contributed by atoms with Crippen LogP contribution in [0.15, 0.2) is 54.6 Å². The van der Waals surface area contributed by atoms with Gasteiger partial charge in [0.2, 0.25) is 5.91 Å². The quantitative estimate of drug-likeness (QED) is 0.738. The summed E-state index contributed by atoms with van der Waals surface area (Å²) in [7, 11) is 1.71. The molecule has 1 amide bonds. The van der Waals surface area contributed by atoms with Crippen molar-refractivity contribution in [3.8, 4) is 5.75 Å². The van der Waals surface area contributed by atoms with Crippen molar-refractivity contribution in [2.45, 2.75) is 38.6 Å². The Kier molecular flexibility index (Phi) is 6.88. The van der Waals surface area contributed by atoms with Gasteiger partial charge in [-0.1, -0.05) is 37.3 Å². The zero-order valence-electron chi connectivity index (χ0n) is 16.4. The summed E-state index contributed by atoms with van der Waals surface area (Å²) in [6, 6.07) is 18.7. The molecule has 1 aliphatic heterocycles. The lowest BCUT2D eigenvalue weighted by Crippen LogP contribution is -2.47. The Hall–Kier alpha value is -2.33. The van der Waals surface area contributed by atoms with Crippen LogP contribution in [0.3, 0.4) is 0 Å². The first-order valence-corrected chi connectivity index (χ1v) is 9.93. The minimum absolute atomic E-state index is 0.219. The number of carbonyl (C=O) groups is 1. The molecule has 2 aromatic carbocycles. The molecule has 1 heterocycles. The maximum absolute atomic E-state index is 12.6. The van der Waals surface area contributed by atoms with Crippen LogP contribution in [-0.2, 0) is 11.2 Å². The molecule has 0 N–H and O–H groups in total. The van der Waals surface area contributed by atoms with E-state index in [2.05, 4.69) is 23.1 Å². The fourth-order valence-corrected chi connectivity index (χ4v) is 3.83. The van der Waals surface area contributed by atoms with Crippen LogP contribution in [0, 0.1) is 0 Å². The number of carbonyl (C=O) groups excluding carboxylic acids is 1. The third-order valence-corrected chi connectivity index (χ3v) is 5.38. The molecule has 0 unspecified atom stereocenters.